The molecule has 0 unspecified atom stereocenters. The molecule has 19 heavy (non-hydrogen) atoms. The number of rotatable bonds is 2. The molecule has 1 aromatic rings. The standard InChI is InChI=1S/C11H18ClFN6/c1-6-4-19(5-7(2)18(6)3)10-8(13)9(17-14)15-11(12)16-10/h6-7H,4-5,14H2,1-3H3,(H,15,16,17)/t6-,7-/m0/s1. The molecule has 1 aliphatic rings. The first-order chi connectivity index (χ1) is 8.93. The van der Waals surface area contributed by atoms with Crippen LogP contribution in [-0.4, -0.2) is 47.1 Å². The third-order valence-electron chi connectivity index (χ3n) is 3.60. The van der Waals surface area contributed by atoms with Gasteiger partial charge in [0.15, 0.2) is 11.6 Å². The molecule has 1 saturated heterocycles. The summed E-state index contributed by atoms with van der Waals surface area (Å²) in [5.74, 6) is 4.76. The van der Waals surface area contributed by atoms with E-state index in [0.717, 1.165) is 0 Å². The fourth-order valence-corrected chi connectivity index (χ4v) is 2.46. The second-order valence-electron chi connectivity index (χ2n) is 4.89. The summed E-state index contributed by atoms with van der Waals surface area (Å²) in [6.07, 6.45) is 0. The average Bonchev–Trinajstić information content (AvgIpc) is 2.37. The fraction of sp³-hybridized carbons (Fsp3) is 0.636. The molecule has 2 heterocycles. The van der Waals surface area contributed by atoms with Crippen LogP contribution < -0.4 is 16.2 Å². The molecule has 3 N–H and O–H groups in total. The zero-order valence-electron chi connectivity index (χ0n) is 11.2. The molecule has 0 amide bonds. The zero-order valence-corrected chi connectivity index (χ0v) is 11.9. The lowest BCUT2D eigenvalue weighted by Gasteiger charge is -2.43. The van der Waals surface area contributed by atoms with Gasteiger partial charge in [-0.25, -0.2) is 5.84 Å². The van der Waals surface area contributed by atoms with Gasteiger partial charge in [-0.2, -0.15) is 14.4 Å². The molecular formula is C11H18ClFN6. The lowest BCUT2D eigenvalue weighted by molar-refractivity contribution is 0.169. The van der Waals surface area contributed by atoms with Crippen molar-refractivity contribution in [1.82, 2.24) is 14.9 Å². The van der Waals surface area contributed by atoms with Crippen LogP contribution in [0.15, 0.2) is 0 Å². The van der Waals surface area contributed by atoms with Crippen LogP contribution in [0.1, 0.15) is 13.8 Å². The minimum Gasteiger partial charge on any atom is -0.351 e. The Morgan fingerprint density at radius 2 is 1.89 bits per heavy atom. The predicted octanol–water partition coefficient (Wildman–Crippen LogP) is 1.08. The monoisotopic (exact) mass is 288 g/mol. The van der Waals surface area contributed by atoms with Gasteiger partial charge < -0.3 is 10.3 Å². The summed E-state index contributed by atoms with van der Waals surface area (Å²) in [6.45, 7) is 5.53. The molecular weight excluding hydrogens is 271 g/mol. The number of aromatic nitrogens is 2. The molecule has 0 saturated carbocycles. The highest BCUT2D eigenvalue weighted by Gasteiger charge is 2.30. The molecule has 1 aromatic heterocycles. The van der Waals surface area contributed by atoms with E-state index in [1.807, 2.05) is 4.90 Å². The van der Waals surface area contributed by atoms with E-state index in [1.54, 1.807) is 0 Å². The Labute approximate surface area is 116 Å². The van der Waals surface area contributed by atoms with E-state index < -0.39 is 5.82 Å². The minimum absolute atomic E-state index is 0.0245. The largest absolute Gasteiger partial charge is 0.351 e. The Morgan fingerprint density at radius 3 is 2.42 bits per heavy atom. The van der Waals surface area contributed by atoms with E-state index in [4.69, 9.17) is 17.4 Å². The number of nitrogens with one attached hydrogen (secondary N) is 1. The first-order valence-electron chi connectivity index (χ1n) is 6.10. The normalized spacial score (nSPS) is 24.6. The number of halogens is 2. The molecule has 106 valence electrons. The summed E-state index contributed by atoms with van der Waals surface area (Å²) >= 11 is 5.80. The van der Waals surface area contributed by atoms with Crippen LogP contribution in [0.4, 0.5) is 16.0 Å². The third-order valence-corrected chi connectivity index (χ3v) is 3.77. The van der Waals surface area contributed by atoms with Gasteiger partial charge in [-0.3, -0.25) is 4.90 Å². The summed E-state index contributed by atoms with van der Waals surface area (Å²) in [7, 11) is 2.06. The highest BCUT2D eigenvalue weighted by Crippen LogP contribution is 2.26. The van der Waals surface area contributed by atoms with Crippen molar-refractivity contribution in [3.05, 3.63) is 11.1 Å². The van der Waals surface area contributed by atoms with E-state index >= 15 is 0 Å². The van der Waals surface area contributed by atoms with Gasteiger partial charge >= 0.3 is 0 Å². The summed E-state index contributed by atoms with van der Waals surface area (Å²) in [5, 5.41) is -0.0245. The van der Waals surface area contributed by atoms with E-state index in [9.17, 15) is 4.39 Å². The quantitative estimate of drug-likeness (QED) is 0.482. The van der Waals surface area contributed by atoms with Gasteiger partial charge in [0.05, 0.1) is 0 Å². The van der Waals surface area contributed by atoms with Gasteiger partial charge in [-0.05, 0) is 32.5 Å². The fourth-order valence-electron chi connectivity index (χ4n) is 2.29. The van der Waals surface area contributed by atoms with Gasteiger partial charge in [-0.1, -0.05) is 0 Å². The molecule has 0 aromatic carbocycles. The molecule has 0 radical (unpaired) electrons. The highest BCUT2D eigenvalue weighted by atomic mass is 35.5. The summed E-state index contributed by atoms with van der Waals surface area (Å²) in [4.78, 5) is 11.8. The Bertz CT molecular complexity index is 459. The van der Waals surface area contributed by atoms with Crippen molar-refractivity contribution in [3.63, 3.8) is 0 Å². The molecule has 8 heteroatoms. The molecule has 1 fully saturated rings. The summed E-state index contributed by atoms with van der Waals surface area (Å²) in [6, 6.07) is 0.595. The Kier molecular flexibility index (Phi) is 4.07. The third kappa shape index (κ3) is 2.72. The van der Waals surface area contributed by atoms with Crippen molar-refractivity contribution in [2.45, 2.75) is 25.9 Å². The molecule has 2 rings (SSSR count). The van der Waals surface area contributed by atoms with Crippen molar-refractivity contribution in [3.8, 4) is 0 Å². The van der Waals surface area contributed by atoms with Crippen LogP contribution in [0.5, 0.6) is 0 Å². The maximum Gasteiger partial charge on any atom is 0.226 e. The van der Waals surface area contributed by atoms with Gasteiger partial charge in [0.1, 0.15) is 0 Å². The lowest BCUT2D eigenvalue weighted by Crippen LogP contribution is -2.55. The molecule has 0 aliphatic carbocycles. The molecule has 0 bridgehead atoms. The van der Waals surface area contributed by atoms with Crippen LogP contribution in [0.25, 0.3) is 0 Å². The van der Waals surface area contributed by atoms with Crippen molar-refractivity contribution >= 4 is 23.2 Å². The lowest BCUT2D eigenvalue weighted by atomic mass is 10.1. The van der Waals surface area contributed by atoms with E-state index in [2.05, 4.69) is 41.2 Å². The number of anilines is 2. The smallest absolute Gasteiger partial charge is 0.226 e. The average molecular weight is 289 g/mol. The van der Waals surface area contributed by atoms with Crippen molar-refractivity contribution in [1.29, 1.82) is 0 Å². The van der Waals surface area contributed by atoms with Crippen LogP contribution >= 0.6 is 11.6 Å². The van der Waals surface area contributed by atoms with Crippen molar-refractivity contribution < 1.29 is 4.39 Å². The van der Waals surface area contributed by atoms with Crippen LogP contribution in [-0.2, 0) is 0 Å². The Balaban J connectivity index is 2.34. The van der Waals surface area contributed by atoms with Crippen LogP contribution in [0, 0.1) is 5.82 Å². The molecule has 0 spiro atoms. The number of nitrogens with zero attached hydrogens (tertiary/aromatic N) is 4. The first-order valence-corrected chi connectivity index (χ1v) is 6.48. The zero-order chi connectivity index (χ0) is 14.2. The van der Waals surface area contributed by atoms with Gasteiger partial charge in [0.2, 0.25) is 11.1 Å². The van der Waals surface area contributed by atoms with E-state index in [1.165, 1.54) is 0 Å². The number of hydrogen-bond donors (Lipinski definition) is 2. The van der Waals surface area contributed by atoms with E-state index in [0.29, 0.717) is 25.2 Å². The van der Waals surface area contributed by atoms with Crippen molar-refractivity contribution in [2.24, 2.45) is 5.84 Å². The number of piperazine rings is 1. The van der Waals surface area contributed by atoms with Gasteiger partial charge in [-0.15, -0.1) is 0 Å². The number of nitrogens with two attached hydrogens (primary N) is 1. The summed E-state index contributed by atoms with van der Waals surface area (Å²) < 4.78 is 14.2. The maximum absolute atomic E-state index is 14.2. The van der Waals surface area contributed by atoms with Crippen LogP contribution in [0.3, 0.4) is 0 Å². The highest BCUT2D eigenvalue weighted by molar-refractivity contribution is 6.28. The van der Waals surface area contributed by atoms with Gasteiger partial charge in [0, 0.05) is 25.2 Å². The predicted molar refractivity (Wildman–Crippen MR) is 73.7 cm³/mol. The van der Waals surface area contributed by atoms with Crippen molar-refractivity contribution in [2.75, 3.05) is 30.5 Å². The maximum atomic E-state index is 14.2. The summed E-state index contributed by atoms with van der Waals surface area (Å²) in [5.41, 5.74) is 2.20. The van der Waals surface area contributed by atoms with E-state index in [-0.39, 0.29) is 16.9 Å². The molecule has 2 atom stereocenters. The molecule has 6 nitrogen and oxygen atoms in total. The first kappa shape index (κ1) is 14.2. The Morgan fingerprint density at radius 1 is 1.32 bits per heavy atom. The minimum atomic E-state index is -0.573. The topological polar surface area (TPSA) is 70.3 Å². The van der Waals surface area contributed by atoms with Crippen LogP contribution in [0.2, 0.25) is 5.28 Å². The number of nitrogen functional groups attached to an aromatic ring is 1. The van der Waals surface area contributed by atoms with Gasteiger partial charge in [0.25, 0.3) is 0 Å². The SMILES string of the molecule is C[C@H]1CN(c2nc(Cl)nc(NN)c2F)C[C@H](C)N1C. The number of hydrazine groups is 1. The second kappa shape index (κ2) is 5.44. The number of likely N-dealkylation sites (N-methyl/N-ethyl adjacent to an activating group) is 1. The second-order valence-corrected chi connectivity index (χ2v) is 5.23. The number of hydrogen-bond acceptors (Lipinski definition) is 6. The molecule has 1 aliphatic heterocycles. The Hall–Kier alpha value is -1.18.